The normalized spacial score (nSPS) is 28.8. The lowest BCUT2D eigenvalue weighted by Gasteiger charge is -2.48. The van der Waals surface area contributed by atoms with Crippen LogP contribution in [-0.4, -0.2) is 58.7 Å². The number of hydrogen-bond donors (Lipinski definition) is 0. The monoisotopic (exact) mass is 338 g/mol. The number of rotatable bonds is 3. The molecule has 0 saturated carbocycles. The van der Waals surface area contributed by atoms with Crippen molar-refractivity contribution in [3.05, 3.63) is 24.1 Å². The summed E-state index contributed by atoms with van der Waals surface area (Å²) in [6, 6.07) is 2.91. The van der Waals surface area contributed by atoms with Gasteiger partial charge in [0.25, 0.3) is 5.88 Å². The van der Waals surface area contributed by atoms with E-state index in [1.807, 2.05) is 16.7 Å². The van der Waals surface area contributed by atoms with Crippen LogP contribution in [0.4, 0.5) is 4.39 Å². The van der Waals surface area contributed by atoms with Crippen LogP contribution in [0.3, 0.4) is 0 Å². The molecule has 4 heterocycles. The number of nitrogens with zero attached hydrogens (tertiary/aromatic N) is 2. The van der Waals surface area contributed by atoms with Crippen molar-refractivity contribution < 1.29 is 18.7 Å². The molecule has 3 saturated heterocycles. The average molecular weight is 338 g/mol. The summed E-state index contributed by atoms with van der Waals surface area (Å²) < 4.78 is 24.7. The lowest BCUT2D eigenvalue weighted by atomic mass is 9.91. The van der Waals surface area contributed by atoms with E-state index in [1.165, 1.54) is 12.3 Å². The van der Waals surface area contributed by atoms with Crippen LogP contribution in [0.5, 0.6) is 5.88 Å². The van der Waals surface area contributed by atoms with Gasteiger partial charge in [0, 0.05) is 38.1 Å². The van der Waals surface area contributed by atoms with E-state index >= 15 is 0 Å². The number of amides is 1. The van der Waals surface area contributed by atoms with E-state index in [0.29, 0.717) is 13.2 Å². The summed E-state index contributed by atoms with van der Waals surface area (Å²) in [5.41, 5.74) is 0. The standard InChI is InChI=1S/C16H19FN2O3S/c17-13-2-1-4-18-14(13)22-12-6-16(23-8-12)9-19(10-16)15(20)11-3-5-21-7-11/h1-2,4,11-12H,3,5-10H2. The van der Waals surface area contributed by atoms with Gasteiger partial charge in [0.15, 0.2) is 5.82 Å². The molecule has 23 heavy (non-hydrogen) atoms. The smallest absolute Gasteiger partial charge is 0.250 e. The molecule has 2 unspecified atom stereocenters. The minimum atomic E-state index is -0.426. The Hall–Kier alpha value is -1.34. The molecule has 1 spiro atoms. The van der Waals surface area contributed by atoms with Crippen molar-refractivity contribution in [2.45, 2.75) is 23.7 Å². The molecule has 1 aromatic heterocycles. The Morgan fingerprint density at radius 1 is 1.52 bits per heavy atom. The fraction of sp³-hybridized carbons (Fsp3) is 0.625. The quantitative estimate of drug-likeness (QED) is 0.840. The minimum absolute atomic E-state index is 0.0356. The number of carbonyl (C=O) groups is 1. The molecular weight excluding hydrogens is 319 g/mol. The number of thioether (sulfide) groups is 1. The van der Waals surface area contributed by atoms with Gasteiger partial charge < -0.3 is 14.4 Å². The fourth-order valence-corrected chi connectivity index (χ4v) is 5.03. The van der Waals surface area contributed by atoms with Gasteiger partial charge in [-0.15, -0.1) is 11.8 Å². The summed E-state index contributed by atoms with van der Waals surface area (Å²) in [4.78, 5) is 18.2. The first-order valence-corrected chi connectivity index (χ1v) is 8.91. The van der Waals surface area contributed by atoms with E-state index in [0.717, 1.165) is 31.7 Å². The number of hydrogen-bond acceptors (Lipinski definition) is 5. The summed E-state index contributed by atoms with van der Waals surface area (Å²) in [6.45, 7) is 2.77. The second-order valence-electron chi connectivity index (χ2n) is 6.48. The Morgan fingerprint density at radius 2 is 2.39 bits per heavy atom. The number of pyridine rings is 1. The van der Waals surface area contributed by atoms with Crippen LogP contribution >= 0.6 is 11.8 Å². The molecule has 1 aromatic rings. The molecule has 7 heteroatoms. The summed E-state index contributed by atoms with van der Waals surface area (Å²) in [5, 5.41) is 0. The SMILES string of the molecule is O=C(C1CCOC1)N1CC2(CC(Oc3ncccc3F)CS2)C1. The van der Waals surface area contributed by atoms with Gasteiger partial charge in [-0.05, 0) is 18.6 Å². The molecule has 0 radical (unpaired) electrons. The number of halogens is 1. The maximum atomic E-state index is 13.6. The van der Waals surface area contributed by atoms with E-state index in [9.17, 15) is 9.18 Å². The third kappa shape index (κ3) is 2.92. The van der Waals surface area contributed by atoms with E-state index < -0.39 is 5.82 Å². The Kier molecular flexibility index (Phi) is 3.93. The van der Waals surface area contributed by atoms with E-state index in [4.69, 9.17) is 9.47 Å². The third-order valence-electron chi connectivity index (χ3n) is 4.73. The maximum Gasteiger partial charge on any atom is 0.250 e. The van der Waals surface area contributed by atoms with Crippen molar-refractivity contribution >= 4 is 17.7 Å². The molecule has 3 aliphatic heterocycles. The zero-order valence-corrected chi connectivity index (χ0v) is 13.6. The topological polar surface area (TPSA) is 51.7 Å². The van der Waals surface area contributed by atoms with Crippen LogP contribution < -0.4 is 4.74 Å². The van der Waals surface area contributed by atoms with E-state index in [1.54, 1.807) is 6.07 Å². The summed E-state index contributed by atoms with van der Waals surface area (Å²) >= 11 is 1.83. The van der Waals surface area contributed by atoms with Gasteiger partial charge in [0.05, 0.1) is 17.3 Å². The maximum absolute atomic E-state index is 13.6. The van der Waals surface area contributed by atoms with Crippen LogP contribution in [0.25, 0.3) is 0 Å². The van der Waals surface area contributed by atoms with Crippen molar-refractivity contribution in [3.63, 3.8) is 0 Å². The second-order valence-corrected chi connectivity index (χ2v) is 7.97. The lowest BCUT2D eigenvalue weighted by molar-refractivity contribution is -0.141. The van der Waals surface area contributed by atoms with Crippen LogP contribution in [0, 0.1) is 11.7 Å². The molecule has 4 rings (SSSR count). The molecule has 0 bridgehead atoms. The molecule has 3 aliphatic rings. The van der Waals surface area contributed by atoms with Crippen molar-refractivity contribution in [3.8, 4) is 5.88 Å². The molecule has 0 N–H and O–H groups in total. The molecule has 124 valence electrons. The predicted molar refractivity (Wildman–Crippen MR) is 83.9 cm³/mol. The summed E-state index contributed by atoms with van der Waals surface area (Å²) in [7, 11) is 0. The van der Waals surface area contributed by atoms with Crippen LogP contribution in [0.15, 0.2) is 18.3 Å². The predicted octanol–water partition coefficient (Wildman–Crippen LogP) is 1.72. The molecule has 0 aliphatic carbocycles. The van der Waals surface area contributed by atoms with Crippen molar-refractivity contribution in [2.24, 2.45) is 5.92 Å². The first kappa shape index (κ1) is 15.2. The second kappa shape index (κ2) is 5.94. The molecule has 3 fully saturated rings. The molecule has 2 atom stereocenters. The average Bonchev–Trinajstić information content (AvgIpc) is 3.17. The number of aromatic nitrogens is 1. The third-order valence-corrected chi connectivity index (χ3v) is 6.30. The Balaban J connectivity index is 1.31. The van der Waals surface area contributed by atoms with Crippen LogP contribution in [0.2, 0.25) is 0 Å². The van der Waals surface area contributed by atoms with Gasteiger partial charge in [-0.25, -0.2) is 9.37 Å². The summed E-state index contributed by atoms with van der Waals surface area (Å²) in [5.74, 6) is 0.711. The van der Waals surface area contributed by atoms with Gasteiger partial charge in [-0.3, -0.25) is 4.79 Å². The van der Waals surface area contributed by atoms with Gasteiger partial charge in [-0.1, -0.05) is 0 Å². The largest absolute Gasteiger partial charge is 0.471 e. The highest BCUT2D eigenvalue weighted by molar-refractivity contribution is 8.01. The van der Waals surface area contributed by atoms with Crippen molar-refractivity contribution in [1.29, 1.82) is 0 Å². The number of ether oxygens (including phenoxy) is 2. The molecule has 5 nitrogen and oxygen atoms in total. The highest BCUT2D eigenvalue weighted by Crippen LogP contribution is 2.46. The van der Waals surface area contributed by atoms with E-state index in [-0.39, 0.29) is 28.6 Å². The zero-order chi connectivity index (χ0) is 15.9. The Labute approximate surface area is 138 Å². The fourth-order valence-electron chi connectivity index (χ4n) is 3.51. The van der Waals surface area contributed by atoms with Crippen LogP contribution in [-0.2, 0) is 9.53 Å². The van der Waals surface area contributed by atoms with E-state index in [2.05, 4.69) is 4.98 Å². The molecule has 0 aromatic carbocycles. The Morgan fingerprint density at radius 3 is 3.13 bits per heavy atom. The Bertz CT molecular complexity index is 603. The van der Waals surface area contributed by atoms with Crippen molar-refractivity contribution in [2.75, 3.05) is 32.1 Å². The minimum Gasteiger partial charge on any atom is -0.471 e. The summed E-state index contributed by atoms with van der Waals surface area (Å²) in [6.07, 6.45) is 3.15. The van der Waals surface area contributed by atoms with Gasteiger partial charge in [-0.2, -0.15) is 0 Å². The molecule has 1 amide bonds. The number of carbonyl (C=O) groups excluding carboxylic acids is 1. The molecular formula is C16H19FN2O3S. The van der Waals surface area contributed by atoms with Gasteiger partial charge in [0.1, 0.15) is 6.10 Å². The lowest BCUT2D eigenvalue weighted by Crippen LogP contribution is -2.62. The number of likely N-dealkylation sites (tertiary alicyclic amines) is 1. The zero-order valence-electron chi connectivity index (χ0n) is 12.7. The van der Waals surface area contributed by atoms with Gasteiger partial charge in [0.2, 0.25) is 5.91 Å². The van der Waals surface area contributed by atoms with Gasteiger partial charge >= 0.3 is 0 Å². The first-order valence-electron chi connectivity index (χ1n) is 7.93. The van der Waals surface area contributed by atoms with Crippen LogP contribution in [0.1, 0.15) is 12.8 Å². The van der Waals surface area contributed by atoms with Crippen molar-refractivity contribution in [1.82, 2.24) is 9.88 Å². The highest BCUT2D eigenvalue weighted by atomic mass is 32.2. The highest BCUT2D eigenvalue weighted by Gasteiger charge is 2.52. The first-order chi connectivity index (χ1) is 11.2.